The molecular formula is C22H22N4O3. The van der Waals surface area contributed by atoms with Crippen LogP contribution in [-0.4, -0.2) is 33.8 Å². The first-order valence-corrected chi connectivity index (χ1v) is 9.53. The van der Waals surface area contributed by atoms with E-state index in [9.17, 15) is 9.59 Å². The zero-order valence-corrected chi connectivity index (χ0v) is 16.4. The second-order valence-electron chi connectivity index (χ2n) is 6.77. The molecule has 29 heavy (non-hydrogen) atoms. The summed E-state index contributed by atoms with van der Waals surface area (Å²) in [5.74, 6) is -0.357. The molecule has 0 bridgehead atoms. The van der Waals surface area contributed by atoms with Crippen molar-refractivity contribution in [3.05, 3.63) is 76.2 Å². The summed E-state index contributed by atoms with van der Waals surface area (Å²) in [6, 6.07) is 16.7. The predicted octanol–water partition coefficient (Wildman–Crippen LogP) is 3.11. The van der Waals surface area contributed by atoms with Crippen molar-refractivity contribution in [2.45, 2.75) is 19.9 Å². The summed E-state index contributed by atoms with van der Waals surface area (Å²) in [5, 5.41) is 7.26. The van der Waals surface area contributed by atoms with Crippen molar-refractivity contribution in [3.63, 3.8) is 0 Å². The second-order valence-corrected chi connectivity index (χ2v) is 6.77. The molecule has 1 N–H and O–H groups in total. The Morgan fingerprint density at radius 3 is 2.48 bits per heavy atom. The number of carbonyl (C=O) groups excluding carboxylic acids is 1. The molecule has 7 nitrogen and oxygen atoms in total. The van der Waals surface area contributed by atoms with Crippen molar-refractivity contribution in [1.82, 2.24) is 14.2 Å². The Morgan fingerprint density at radius 1 is 1.07 bits per heavy atom. The molecule has 0 spiro atoms. The van der Waals surface area contributed by atoms with Gasteiger partial charge in [-0.25, -0.2) is 4.52 Å². The Hall–Kier alpha value is -3.45. The van der Waals surface area contributed by atoms with Crippen LogP contribution in [0.3, 0.4) is 0 Å². The van der Waals surface area contributed by atoms with Gasteiger partial charge < -0.3 is 14.6 Å². The van der Waals surface area contributed by atoms with E-state index in [0.717, 1.165) is 17.5 Å². The number of amides is 1. The molecular weight excluding hydrogens is 368 g/mol. The Labute approximate surface area is 167 Å². The fourth-order valence-corrected chi connectivity index (χ4v) is 3.37. The zero-order chi connectivity index (χ0) is 20.4. The third kappa shape index (κ3) is 3.52. The van der Waals surface area contributed by atoms with Gasteiger partial charge >= 0.3 is 0 Å². The molecule has 2 heterocycles. The van der Waals surface area contributed by atoms with Crippen molar-refractivity contribution in [1.29, 1.82) is 0 Å². The van der Waals surface area contributed by atoms with Gasteiger partial charge in [-0.3, -0.25) is 9.59 Å². The number of aromatic nitrogens is 3. The zero-order valence-electron chi connectivity index (χ0n) is 16.4. The molecule has 4 rings (SSSR count). The van der Waals surface area contributed by atoms with Gasteiger partial charge in [0.1, 0.15) is 5.52 Å². The van der Waals surface area contributed by atoms with Gasteiger partial charge in [0.05, 0.1) is 17.6 Å². The lowest BCUT2D eigenvalue weighted by molar-refractivity contribution is 0.102. The number of fused-ring (bicyclic) bond motifs is 3. The standard InChI is InChI=1S/C22H22N4O3/c1-3-15-8-10-16(11-9-15)23-21(27)17-14-20-22(28)25(12-13-29-2)18-6-4-5-7-19(18)26(20)24-17/h4-11,14H,3,12-13H2,1-2H3,(H,23,27). The summed E-state index contributed by atoms with van der Waals surface area (Å²) in [5.41, 5.74) is 3.71. The van der Waals surface area contributed by atoms with Crippen molar-refractivity contribution >= 4 is 28.1 Å². The smallest absolute Gasteiger partial charge is 0.277 e. The largest absolute Gasteiger partial charge is 0.383 e. The number of para-hydroxylation sites is 2. The van der Waals surface area contributed by atoms with Crippen molar-refractivity contribution in [2.24, 2.45) is 0 Å². The minimum atomic E-state index is -0.357. The lowest BCUT2D eigenvalue weighted by Gasteiger charge is -2.11. The van der Waals surface area contributed by atoms with Crippen molar-refractivity contribution in [2.75, 3.05) is 19.0 Å². The number of nitrogens with zero attached hydrogens (tertiary/aromatic N) is 3. The highest BCUT2D eigenvalue weighted by Gasteiger charge is 2.17. The van der Waals surface area contributed by atoms with Crippen molar-refractivity contribution in [3.8, 4) is 0 Å². The number of ether oxygens (including phenoxy) is 1. The monoisotopic (exact) mass is 390 g/mol. The molecule has 0 saturated carbocycles. The molecule has 0 saturated heterocycles. The van der Waals surface area contributed by atoms with E-state index in [-0.39, 0.29) is 17.2 Å². The molecule has 0 fully saturated rings. The van der Waals surface area contributed by atoms with Crippen LogP contribution in [0.2, 0.25) is 0 Å². The van der Waals surface area contributed by atoms with E-state index >= 15 is 0 Å². The van der Waals surface area contributed by atoms with E-state index in [1.807, 2.05) is 48.5 Å². The average molecular weight is 390 g/mol. The van der Waals surface area contributed by atoms with Crippen molar-refractivity contribution < 1.29 is 9.53 Å². The highest BCUT2D eigenvalue weighted by atomic mass is 16.5. The molecule has 0 atom stereocenters. The molecule has 148 valence electrons. The molecule has 0 aliphatic heterocycles. The fourth-order valence-electron chi connectivity index (χ4n) is 3.37. The molecule has 0 radical (unpaired) electrons. The Kier molecular flexibility index (Phi) is 5.14. The first-order chi connectivity index (χ1) is 14.1. The van der Waals surface area contributed by atoms with E-state index in [1.54, 1.807) is 11.7 Å². The van der Waals surface area contributed by atoms with Crippen LogP contribution in [0.25, 0.3) is 16.6 Å². The maximum atomic E-state index is 13.0. The molecule has 4 aromatic rings. The van der Waals surface area contributed by atoms with Crippen LogP contribution in [0.5, 0.6) is 0 Å². The molecule has 7 heteroatoms. The minimum absolute atomic E-state index is 0.191. The maximum absolute atomic E-state index is 13.0. The SMILES string of the molecule is CCc1ccc(NC(=O)c2cc3c(=O)n(CCOC)c4ccccc4n3n2)cc1. The number of hydrogen-bond acceptors (Lipinski definition) is 4. The summed E-state index contributed by atoms with van der Waals surface area (Å²) in [7, 11) is 1.60. The lowest BCUT2D eigenvalue weighted by atomic mass is 10.1. The summed E-state index contributed by atoms with van der Waals surface area (Å²) in [6.07, 6.45) is 0.934. The van der Waals surface area contributed by atoms with Gasteiger partial charge in [-0.15, -0.1) is 0 Å². The highest BCUT2D eigenvalue weighted by Crippen LogP contribution is 2.16. The van der Waals surface area contributed by atoms with Crippen LogP contribution in [0.1, 0.15) is 23.0 Å². The molecule has 2 aromatic heterocycles. The van der Waals surface area contributed by atoms with Gasteiger partial charge in [0, 0.05) is 25.4 Å². The lowest BCUT2D eigenvalue weighted by Crippen LogP contribution is -2.24. The fraction of sp³-hybridized carbons (Fsp3) is 0.227. The Balaban J connectivity index is 1.76. The van der Waals surface area contributed by atoms with Crippen LogP contribution in [-0.2, 0) is 17.7 Å². The van der Waals surface area contributed by atoms with Crippen LogP contribution >= 0.6 is 0 Å². The third-order valence-corrected chi connectivity index (χ3v) is 4.95. The van der Waals surface area contributed by atoms with E-state index < -0.39 is 0 Å². The summed E-state index contributed by atoms with van der Waals surface area (Å²) in [6.45, 7) is 2.91. The molecule has 1 amide bonds. The van der Waals surface area contributed by atoms with Gasteiger partial charge in [0.2, 0.25) is 0 Å². The number of carbonyl (C=O) groups is 1. The van der Waals surface area contributed by atoms with E-state index in [4.69, 9.17) is 4.74 Å². The molecule has 0 aliphatic carbocycles. The molecule has 0 unspecified atom stereocenters. The van der Waals surface area contributed by atoms with Crippen LogP contribution < -0.4 is 10.9 Å². The van der Waals surface area contributed by atoms with Gasteiger partial charge in [-0.1, -0.05) is 31.2 Å². The predicted molar refractivity (Wildman–Crippen MR) is 113 cm³/mol. The average Bonchev–Trinajstić information content (AvgIpc) is 3.20. The minimum Gasteiger partial charge on any atom is -0.383 e. The number of methoxy groups -OCH3 is 1. The first kappa shape index (κ1) is 18.9. The quantitative estimate of drug-likeness (QED) is 0.549. The van der Waals surface area contributed by atoms with Gasteiger partial charge in [-0.05, 0) is 36.2 Å². The Bertz CT molecular complexity index is 1240. The highest BCUT2D eigenvalue weighted by molar-refractivity contribution is 6.03. The number of hydrogen-bond donors (Lipinski definition) is 1. The first-order valence-electron chi connectivity index (χ1n) is 9.53. The molecule has 0 aliphatic rings. The number of nitrogens with one attached hydrogen (secondary N) is 1. The van der Waals surface area contributed by atoms with Gasteiger partial charge in [0.15, 0.2) is 5.69 Å². The summed E-state index contributed by atoms with van der Waals surface area (Å²) in [4.78, 5) is 25.8. The number of rotatable bonds is 6. The Morgan fingerprint density at radius 2 is 1.79 bits per heavy atom. The van der Waals surface area contributed by atoms with E-state index in [0.29, 0.717) is 24.4 Å². The van der Waals surface area contributed by atoms with E-state index in [1.165, 1.54) is 16.1 Å². The van der Waals surface area contributed by atoms with Gasteiger partial charge in [-0.2, -0.15) is 5.10 Å². The summed E-state index contributed by atoms with van der Waals surface area (Å²) < 4.78 is 8.33. The van der Waals surface area contributed by atoms with Crippen LogP contribution in [0.4, 0.5) is 5.69 Å². The van der Waals surface area contributed by atoms with Crippen LogP contribution in [0, 0.1) is 0 Å². The van der Waals surface area contributed by atoms with Crippen LogP contribution in [0.15, 0.2) is 59.4 Å². The normalized spacial score (nSPS) is 11.2. The maximum Gasteiger partial charge on any atom is 0.277 e. The topological polar surface area (TPSA) is 77.6 Å². The summed E-state index contributed by atoms with van der Waals surface area (Å²) >= 11 is 0. The second kappa shape index (κ2) is 7.89. The number of anilines is 1. The van der Waals surface area contributed by atoms with E-state index in [2.05, 4.69) is 17.3 Å². The number of benzene rings is 2. The third-order valence-electron chi connectivity index (χ3n) is 4.95. The molecule has 2 aromatic carbocycles. The van der Waals surface area contributed by atoms with Gasteiger partial charge in [0.25, 0.3) is 11.5 Å². The number of aryl methyl sites for hydroxylation is 1.